The van der Waals surface area contributed by atoms with Gasteiger partial charge in [0.15, 0.2) is 0 Å². The van der Waals surface area contributed by atoms with Crippen LogP contribution in [-0.2, 0) is 4.79 Å². The van der Waals surface area contributed by atoms with Crippen molar-refractivity contribution in [1.29, 1.82) is 0 Å². The molecule has 1 amide bonds. The van der Waals surface area contributed by atoms with Gasteiger partial charge < -0.3 is 5.32 Å². The number of halogens is 1. The van der Waals surface area contributed by atoms with Crippen molar-refractivity contribution in [2.75, 3.05) is 5.88 Å². The Hall–Kier alpha value is -0.240. The fourth-order valence-electron chi connectivity index (χ4n) is 2.31. The van der Waals surface area contributed by atoms with Gasteiger partial charge in [0.05, 0.1) is 0 Å². The normalized spacial score (nSPS) is 19.9. The summed E-state index contributed by atoms with van der Waals surface area (Å²) in [5, 5.41) is 3.09. The molecule has 3 heteroatoms. The SMILES string of the molecule is C[C@@H](NC(=O)CCCCl)C1CCCCC1. The van der Waals surface area contributed by atoms with Crippen LogP contribution >= 0.6 is 11.6 Å². The van der Waals surface area contributed by atoms with Gasteiger partial charge in [0, 0.05) is 18.3 Å². The lowest BCUT2D eigenvalue weighted by molar-refractivity contribution is -0.122. The molecule has 0 heterocycles. The van der Waals surface area contributed by atoms with Crippen LogP contribution in [0.5, 0.6) is 0 Å². The second-order valence-corrected chi connectivity index (χ2v) is 4.92. The summed E-state index contributed by atoms with van der Waals surface area (Å²) in [6, 6.07) is 0.341. The third-order valence-corrected chi connectivity index (χ3v) is 3.55. The minimum Gasteiger partial charge on any atom is -0.353 e. The van der Waals surface area contributed by atoms with E-state index >= 15 is 0 Å². The average Bonchev–Trinajstić information content (AvgIpc) is 2.27. The van der Waals surface area contributed by atoms with E-state index in [0.29, 0.717) is 24.3 Å². The van der Waals surface area contributed by atoms with Crippen LogP contribution in [0.4, 0.5) is 0 Å². The van der Waals surface area contributed by atoms with Crippen molar-refractivity contribution in [3.8, 4) is 0 Å². The van der Waals surface area contributed by atoms with Gasteiger partial charge in [-0.25, -0.2) is 0 Å². The molecule has 88 valence electrons. The van der Waals surface area contributed by atoms with Crippen molar-refractivity contribution in [1.82, 2.24) is 5.32 Å². The van der Waals surface area contributed by atoms with Gasteiger partial charge in [-0.05, 0) is 32.1 Å². The van der Waals surface area contributed by atoms with Gasteiger partial charge in [-0.2, -0.15) is 0 Å². The summed E-state index contributed by atoms with van der Waals surface area (Å²) < 4.78 is 0. The monoisotopic (exact) mass is 231 g/mol. The standard InChI is InChI=1S/C12H22ClNO/c1-10(11-6-3-2-4-7-11)14-12(15)8-5-9-13/h10-11H,2-9H2,1H3,(H,14,15)/t10-/m1/s1. The molecule has 0 bridgehead atoms. The van der Waals surface area contributed by atoms with Gasteiger partial charge in [0.25, 0.3) is 0 Å². The molecular formula is C12H22ClNO. The molecule has 1 fully saturated rings. The Morgan fingerprint density at radius 2 is 2.07 bits per heavy atom. The van der Waals surface area contributed by atoms with E-state index in [4.69, 9.17) is 11.6 Å². The lowest BCUT2D eigenvalue weighted by atomic mass is 9.84. The van der Waals surface area contributed by atoms with Crippen molar-refractivity contribution in [3.05, 3.63) is 0 Å². The van der Waals surface area contributed by atoms with Gasteiger partial charge in [-0.3, -0.25) is 4.79 Å². The van der Waals surface area contributed by atoms with Crippen LogP contribution in [0.2, 0.25) is 0 Å². The lowest BCUT2D eigenvalue weighted by Crippen LogP contribution is -2.38. The van der Waals surface area contributed by atoms with Gasteiger partial charge in [-0.1, -0.05) is 19.3 Å². The molecule has 0 unspecified atom stereocenters. The first kappa shape index (κ1) is 12.8. The number of amides is 1. The maximum absolute atomic E-state index is 11.5. The Morgan fingerprint density at radius 3 is 2.67 bits per heavy atom. The van der Waals surface area contributed by atoms with Crippen molar-refractivity contribution in [2.45, 2.75) is 57.9 Å². The van der Waals surface area contributed by atoms with Crippen molar-refractivity contribution >= 4 is 17.5 Å². The second kappa shape index (κ2) is 7.10. The van der Waals surface area contributed by atoms with Crippen LogP contribution in [-0.4, -0.2) is 17.8 Å². The molecule has 0 aromatic rings. The van der Waals surface area contributed by atoms with E-state index < -0.39 is 0 Å². The van der Waals surface area contributed by atoms with E-state index in [1.54, 1.807) is 0 Å². The highest BCUT2D eigenvalue weighted by Gasteiger charge is 2.20. The largest absolute Gasteiger partial charge is 0.353 e. The van der Waals surface area contributed by atoms with Crippen LogP contribution in [0.3, 0.4) is 0 Å². The molecule has 1 aliphatic carbocycles. The number of hydrogen-bond acceptors (Lipinski definition) is 1. The molecule has 0 aromatic heterocycles. The maximum atomic E-state index is 11.5. The number of carbonyl (C=O) groups excluding carboxylic acids is 1. The summed E-state index contributed by atoms with van der Waals surface area (Å²) in [6.07, 6.45) is 7.92. The first-order valence-electron chi connectivity index (χ1n) is 6.09. The zero-order valence-corrected chi connectivity index (χ0v) is 10.4. The molecule has 1 atom stereocenters. The van der Waals surface area contributed by atoms with Crippen LogP contribution in [0.25, 0.3) is 0 Å². The first-order chi connectivity index (χ1) is 7.24. The quantitative estimate of drug-likeness (QED) is 0.724. The van der Waals surface area contributed by atoms with Crippen molar-refractivity contribution in [2.24, 2.45) is 5.92 Å². The predicted octanol–water partition coefficient (Wildman–Crippen LogP) is 3.09. The van der Waals surface area contributed by atoms with Gasteiger partial charge in [-0.15, -0.1) is 11.6 Å². The van der Waals surface area contributed by atoms with E-state index in [9.17, 15) is 4.79 Å². The van der Waals surface area contributed by atoms with E-state index in [2.05, 4.69) is 12.2 Å². The number of hydrogen-bond donors (Lipinski definition) is 1. The van der Waals surface area contributed by atoms with E-state index in [1.165, 1.54) is 32.1 Å². The molecule has 15 heavy (non-hydrogen) atoms. The Bertz CT molecular complexity index is 190. The summed E-state index contributed by atoms with van der Waals surface area (Å²) in [4.78, 5) is 11.5. The Labute approximate surface area is 97.8 Å². The lowest BCUT2D eigenvalue weighted by Gasteiger charge is -2.28. The molecular weight excluding hydrogens is 210 g/mol. The molecule has 0 saturated heterocycles. The summed E-state index contributed by atoms with van der Waals surface area (Å²) in [5.74, 6) is 1.43. The molecule has 1 rings (SSSR count). The van der Waals surface area contributed by atoms with Crippen LogP contribution < -0.4 is 5.32 Å². The molecule has 2 nitrogen and oxygen atoms in total. The number of nitrogens with one attached hydrogen (secondary N) is 1. The van der Waals surface area contributed by atoms with Gasteiger partial charge >= 0.3 is 0 Å². The third-order valence-electron chi connectivity index (χ3n) is 3.28. The highest BCUT2D eigenvalue weighted by atomic mass is 35.5. The molecule has 1 aliphatic rings. The van der Waals surface area contributed by atoms with Gasteiger partial charge in [0.1, 0.15) is 0 Å². The smallest absolute Gasteiger partial charge is 0.220 e. The first-order valence-corrected chi connectivity index (χ1v) is 6.63. The fourth-order valence-corrected chi connectivity index (χ4v) is 2.44. The van der Waals surface area contributed by atoms with Crippen LogP contribution in [0, 0.1) is 5.92 Å². The topological polar surface area (TPSA) is 29.1 Å². The molecule has 0 spiro atoms. The number of alkyl halides is 1. The molecule has 0 radical (unpaired) electrons. The molecule has 0 aromatic carbocycles. The highest BCUT2D eigenvalue weighted by molar-refractivity contribution is 6.17. The van der Waals surface area contributed by atoms with Crippen LogP contribution in [0.15, 0.2) is 0 Å². The fraction of sp³-hybridized carbons (Fsp3) is 0.917. The third kappa shape index (κ3) is 4.87. The second-order valence-electron chi connectivity index (χ2n) is 4.55. The summed E-state index contributed by atoms with van der Waals surface area (Å²) >= 11 is 5.55. The Morgan fingerprint density at radius 1 is 1.40 bits per heavy atom. The Kier molecular flexibility index (Phi) is 6.07. The van der Waals surface area contributed by atoms with Gasteiger partial charge in [0.2, 0.25) is 5.91 Å². The average molecular weight is 232 g/mol. The zero-order valence-electron chi connectivity index (χ0n) is 9.60. The Balaban J connectivity index is 2.21. The van der Waals surface area contributed by atoms with Crippen molar-refractivity contribution in [3.63, 3.8) is 0 Å². The minimum absolute atomic E-state index is 0.161. The summed E-state index contributed by atoms with van der Waals surface area (Å²) in [6.45, 7) is 2.13. The number of carbonyl (C=O) groups is 1. The zero-order chi connectivity index (χ0) is 11.1. The van der Waals surface area contributed by atoms with Crippen molar-refractivity contribution < 1.29 is 4.79 Å². The van der Waals surface area contributed by atoms with Crippen LogP contribution in [0.1, 0.15) is 51.9 Å². The number of rotatable bonds is 5. The van der Waals surface area contributed by atoms with E-state index in [1.807, 2.05) is 0 Å². The minimum atomic E-state index is 0.161. The highest BCUT2D eigenvalue weighted by Crippen LogP contribution is 2.26. The molecule has 0 aliphatic heterocycles. The van der Waals surface area contributed by atoms with E-state index in [0.717, 1.165) is 6.42 Å². The molecule has 1 saturated carbocycles. The van der Waals surface area contributed by atoms with E-state index in [-0.39, 0.29) is 5.91 Å². The maximum Gasteiger partial charge on any atom is 0.220 e. The molecule has 1 N–H and O–H groups in total. The predicted molar refractivity (Wildman–Crippen MR) is 64.1 cm³/mol. The summed E-state index contributed by atoms with van der Waals surface area (Å²) in [5.41, 5.74) is 0. The summed E-state index contributed by atoms with van der Waals surface area (Å²) in [7, 11) is 0.